The van der Waals surface area contributed by atoms with Crippen LogP contribution in [0.3, 0.4) is 0 Å². The molecule has 0 aromatic heterocycles. The minimum absolute atomic E-state index is 1.08. The molecule has 54 valence electrons. The zero-order valence-corrected chi connectivity index (χ0v) is 6.98. The highest BCUT2D eigenvalue weighted by Crippen LogP contribution is 2.19. The van der Waals surface area contributed by atoms with E-state index in [-0.39, 0.29) is 0 Å². The predicted octanol–water partition coefficient (Wildman–Crippen LogP) is 1.71. The van der Waals surface area contributed by atoms with E-state index in [2.05, 4.69) is 12.8 Å². The molecule has 1 rings (SSSR count). The molecule has 0 aliphatic rings. The number of thiol groups is 1. The highest BCUT2D eigenvalue weighted by molar-refractivity contribution is 8.05. The minimum Gasteiger partial charge on any atom is -0.249 e. The van der Waals surface area contributed by atoms with Crippen LogP contribution in [0.5, 0.6) is 0 Å². The predicted molar refractivity (Wildman–Crippen MR) is 47.3 cm³/mol. The quantitative estimate of drug-likeness (QED) is 0.308. The maximum absolute atomic E-state index is 5.28. The number of hydrazine groups is 1. The van der Waals surface area contributed by atoms with E-state index in [1.54, 1.807) is 0 Å². The monoisotopic (exact) mass is 172 g/mol. The van der Waals surface area contributed by atoms with E-state index in [1.165, 1.54) is 15.8 Å². The lowest BCUT2D eigenvalue weighted by atomic mass is 10.4. The number of hydrogen-bond acceptors (Lipinski definition) is 4. The average Bonchev–Trinajstić information content (AvgIpc) is 1.88. The Hall–Kier alpha value is -0.160. The molecule has 0 radical (unpaired) electrons. The first kappa shape index (κ1) is 7.94. The maximum atomic E-state index is 5.28. The molecule has 1 aromatic carbocycles. The molecule has 0 aliphatic carbocycles. The van der Waals surface area contributed by atoms with E-state index in [1.807, 2.05) is 30.3 Å². The van der Waals surface area contributed by atoms with Gasteiger partial charge in [0, 0.05) is 4.90 Å². The molecule has 0 saturated heterocycles. The Morgan fingerprint density at radius 2 is 1.90 bits per heavy atom. The van der Waals surface area contributed by atoms with Crippen molar-refractivity contribution in [2.45, 2.75) is 4.90 Å². The molecule has 0 bridgehead atoms. The van der Waals surface area contributed by atoms with E-state index < -0.39 is 0 Å². The largest absolute Gasteiger partial charge is 0.249 e. The third kappa shape index (κ3) is 2.62. The molecule has 0 saturated carbocycles. The molecule has 4 heteroatoms. The fraction of sp³-hybridized carbons (Fsp3) is 0. The topological polar surface area (TPSA) is 29.3 Å². The van der Waals surface area contributed by atoms with Gasteiger partial charge in [0.25, 0.3) is 0 Å². The van der Waals surface area contributed by atoms with Gasteiger partial charge in [0.1, 0.15) is 0 Å². The molecule has 0 unspecified atom stereocenters. The van der Waals surface area contributed by atoms with Crippen molar-refractivity contribution in [3.8, 4) is 0 Å². The van der Waals surface area contributed by atoms with Crippen LogP contribution in [0.4, 0.5) is 0 Å². The van der Waals surface area contributed by atoms with E-state index >= 15 is 0 Å². The number of benzene rings is 1. The van der Waals surface area contributed by atoms with Crippen LogP contribution in [-0.4, -0.2) is 3.82 Å². The van der Waals surface area contributed by atoms with Gasteiger partial charge in [-0.15, -0.1) is 3.82 Å². The molecule has 0 spiro atoms. The maximum Gasteiger partial charge on any atom is 0.0252 e. The Kier molecular flexibility index (Phi) is 3.08. The van der Waals surface area contributed by atoms with Gasteiger partial charge in [-0.2, -0.15) is 0 Å². The van der Waals surface area contributed by atoms with Crippen LogP contribution in [0.1, 0.15) is 0 Å². The molecule has 2 nitrogen and oxygen atoms in total. The second kappa shape index (κ2) is 3.88. The first-order valence-electron chi connectivity index (χ1n) is 2.76. The Labute approximate surface area is 70.1 Å². The second-order valence-corrected chi connectivity index (χ2v) is 3.46. The Bertz CT molecular complexity index is 188. The number of hydrogen-bond donors (Lipinski definition) is 2. The molecule has 0 heterocycles. The van der Waals surface area contributed by atoms with Crippen molar-refractivity contribution < 1.29 is 0 Å². The van der Waals surface area contributed by atoms with Gasteiger partial charge in [0.05, 0.1) is 0 Å². The molecule has 10 heavy (non-hydrogen) atoms. The minimum atomic E-state index is 1.08. The third-order valence-electron chi connectivity index (χ3n) is 0.942. The lowest BCUT2D eigenvalue weighted by Gasteiger charge is -2.04. The van der Waals surface area contributed by atoms with Crippen molar-refractivity contribution in [3.63, 3.8) is 0 Å². The summed E-state index contributed by atoms with van der Waals surface area (Å²) in [7, 11) is 0. The normalized spacial score (nSPS) is 10.3. The van der Waals surface area contributed by atoms with Crippen LogP contribution in [0.25, 0.3) is 0 Å². The fourth-order valence-corrected chi connectivity index (χ4v) is 1.37. The average molecular weight is 172 g/mol. The summed E-state index contributed by atoms with van der Waals surface area (Å²) in [5, 5.41) is 0. The lowest BCUT2D eigenvalue weighted by Crippen LogP contribution is -2.09. The Balaban J connectivity index is 2.59. The summed E-state index contributed by atoms with van der Waals surface area (Å²) < 4.78 is 1.27. The van der Waals surface area contributed by atoms with E-state index in [0.29, 0.717) is 0 Å². The Morgan fingerprint density at radius 3 is 2.40 bits per heavy atom. The van der Waals surface area contributed by atoms with E-state index in [4.69, 9.17) is 5.84 Å². The summed E-state index contributed by atoms with van der Waals surface area (Å²) in [5.41, 5.74) is 0. The SMILES string of the molecule is NN(S)Sc1ccccc1. The van der Waals surface area contributed by atoms with Gasteiger partial charge in [-0.3, -0.25) is 0 Å². The number of nitrogens with zero attached hydrogens (tertiary/aromatic N) is 1. The van der Waals surface area contributed by atoms with Crippen molar-refractivity contribution in [2.75, 3.05) is 0 Å². The van der Waals surface area contributed by atoms with Crippen LogP contribution in [0, 0.1) is 0 Å². The summed E-state index contributed by atoms with van der Waals surface area (Å²) in [6.07, 6.45) is 0. The van der Waals surface area contributed by atoms with E-state index in [9.17, 15) is 0 Å². The van der Waals surface area contributed by atoms with Gasteiger partial charge in [0.15, 0.2) is 0 Å². The van der Waals surface area contributed by atoms with Crippen LogP contribution in [0.2, 0.25) is 0 Å². The molecular formula is C6H8N2S2. The first-order valence-corrected chi connectivity index (χ1v) is 3.93. The third-order valence-corrected chi connectivity index (χ3v) is 1.86. The summed E-state index contributed by atoms with van der Waals surface area (Å²) in [6, 6.07) is 9.82. The first-order chi connectivity index (χ1) is 4.79. The highest BCUT2D eigenvalue weighted by atomic mass is 32.2. The van der Waals surface area contributed by atoms with Crippen molar-refractivity contribution in [3.05, 3.63) is 30.3 Å². The molecule has 0 aliphatic heterocycles. The van der Waals surface area contributed by atoms with Gasteiger partial charge in [-0.1, -0.05) is 31.0 Å². The summed E-state index contributed by atoms with van der Waals surface area (Å²) in [4.78, 5) is 1.08. The smallest absolute Gasteiger partial charge is 0.0252 e. The molecule has 0 fully saturated rings. The summed E-state index contributed by atoms with van der Waals surface area (Å²) >= 11 is 5.26. The van der Waals surface area contributed by atoms with Crippen LogP contribution in [-0.2, 0) is 0 Å². The zero-order valence-electron chi connectivity index (χ0n) is 5.27. The molecular weight excluding hydrogens is 164 g/mol. The lowest BCUT2D eigenvalue weighted by molar-refractivity contribution is 0.827. The molecule has 1 aromatic rings. The number of nitrogens with two attached hydrogens (primary N) is 1. The molecule has 2 N–H and O–H groups in total. The molecule has 0 amide bonds. The van der Waals surface area contributed by atoms with Gasteiger partial charge >= 0.3 is 0 Å². The standard InChI is InChI=1S/C6H8N2S2/c7-8(9)10-6-4-2-1-3-5-6/h1-5,9H,7H2. The van der Waals surface area contributed by atoms with Gasteiger partial charge in [-0.25, -0.2) is 5.84 Å². The van der Waals surface area contributed by atoms with Crippen molar-refractivity contribution >= 4 is 24.8 Å². The van der Waals surface area contributed by atoms with Crippen LogP contribution < -0.4 is 5.84 Å². The zero-order chi connectivity index (χ0) is 7.40. The molecule has 0 atom stereocenters. The van der Waals surface area contributed by atoms with Crippen molar-refractivity contribution in [1.29, 1.82) is 0 Å². The summed E-state index contributed by atoms with van der Waals surface area (Å²) in [5.74, 6) is 5.28. The van der Waals surface area contributed by atoms with Gasteiger partial charge < -0.3 is 0 Å². The van der Waals surface area contributed by atoms with Gasteiger partial charge in [-0.05, 0) is 24.1 Å². The van der Waals surface area contributed by atoms with E-state index in [0.717, 1.165) is 4.90 Å². The fourth-order valence-electron chi connectivity index (χ4n) is 0.589. The Morgan fingerprint density at radius 1 is 1.30 bits per heavy atom. The van der Waals surface area contributed by atoms with Crippen molar-refractivity contribution in [1.82, 2.24) is 3.82 Å². The van der Waals surface area contributed by atoms with Crippen LogP contribution >= 0.6 is 24.8 Å². The second-order valence-electron chi connectivity index (χ2n) is 1.71. The summed E-state index contributed by atoms with van der Waals surface area (Å²) in [6.45, 7) is 0. The number of rotatable bonds is 2. The van der Waals surface area contributed by atoms with Gasteiger partial charge in [0.2, 0.25) is 0 Å². The van der Waals surface area contributed by atoms with Crippen LogP contribution in [0.15, 0.2) is 35.2 Å². The van der Waals surface area contributed by atoms with Crippen molar-refractivity contribution in [2.24, 2.45) is 5.84 Å². The highest BCUT2D eigenvalue weighted by Gasteiger charge is 1.93.